The fourth-order valence-electron chi connectivity index (χ4n) is 1.88. The zero-order valence-electron chi connectivity index (χ0n) is 7.78. The van der Waals surface area contributed by atoms with E-state index in [1.807, 2.05) is 0 Å². The van der Waals surface area contributed by atoms with Gasteiger partial charge >= 0.3 is 0 Å². The smallest absolute Gasteiger partial charge is 0.0208 e. The summed E-state index contributed by atoms with van der Waals surface area (Å²) in [5.74, 6) is 0. The van der Waals surface area contributed by atoms with Crippen molar-refractivity contribution in [2.45, 2.75) is 26.8 Å². The quantitative estimate of drug-likeness (QED) is 0.613. The molecule has 0 bridgehead atoms. The van der Waals surface area contributed by atoms with Crippen LogP contribution in [0.2, 0.25) is 0 Å². The van der Waals surface area contributed by atoms with Crippen LogP contribution in [0, 0.1) is 13.8 Å². The summed E-state index contributed by atoms with van der Waals surface area (Å²) in [6.07, 6.45) is 1.20. The maximum Gasteiger partial charge on any atom is 0.0208 e. The molecule has 1 aliphatic rings. The lowest BCUT2D eigenvalue weighted by Gasteiger charge is -2.20. The van der Waals surface area contributed by atoms with E-state index < -0.39 is 0 Å². The zero-order valence-corrected chi connectivity index (χ0v) is 7.78. The number of hydrogen-bond donors (Lipinski definition) is 1. The minimum absolute atomic E-state index is 1.05. The number of benzene rings is 1. The van der Waals surface area contributed by atoms with Crippen LogP contribution in [0.25, 0.3) is 0 Å². The molecule has 0 spiro atoms. The summed E-state index contributed by atoms with van der Waals surface area (Å²) in [5, 5.41) is 3.39. The first-order valence-electron chi connectivity index (χ1n) is 4.57. The van der Waals surface area contributed by atoms with E-state index in [1.165, 1.54) is 23.1 Å². The van der Waals surface area contributed by atoms with Gasteiger partial charge in [-0.1, -0.05) is 12.1 Å². The highest BCUT2D eigenvalue weighted by Gasteiger charge is 2.10. The van der Waals surface area contributed by atoms with Crippen molar-refractivity contribution in [3.63, 3.8) is 0 Å². The van der Waals surface area contributed by atoms with Crippen molar-refractivity contribution in [1.29, 1.82) is 0 Å². The van der Waals surface area contributed by atoms with Crippen molar-refractivity contribution in [1.82, 2.24) is 5.32 Å². The van der Waals surface area contributed by atoms with Gasteiger partial charge in [-0.2, -0.15) is 0 Å². The lowest BCUT2D eigenvalue weighted by molar-refractivity contribution is 0.640. The molecular weight excluding hydrogens is 146 g/mol. The Hall–Kier alpha value is -0.820. The molecule has 1 N–H and O–H groups in total. The summed E-state index contributed by atoms with van der Waals surface area (Å²) in [6.45, 7) is 6.62. The van der Waals surface area contributed by atoms with E-state index in [0.717, 1.165) is 13.1 Å². The summed E-state index contributed by atoms with van der Waals surface area (Å²) in [6, 6.07) is 4.48. The highest BCUT2D eigenvalue weighted by Crippen LogP contribution is 2.20. The van der Waals surface area contributed by atoms with Gasteiger partial charge in [0.05, 0.1) is 0 Å². The molecule has 0 amide bonds. The topological polar surface area (TPSA) is 12.0 Å². The maximum atomic E-state index is 3.39. The highest BCUT2D eigenvalue weighted by atomic mass is 14.9. The van der Waals surface area contributed by atoms with Gasteiger partial charge in [0.1, 0.15) is 0 Å². The Morgan fingerprint density at radius 2 is 2.08 bits per heavy atom. The first-order chi connectivity index (χ1) is 5.79. The zero-order chi connectivity index (χ0) is 8.55. The number of fused-ring (bicyclic) bond motifs is 1. The molecule has 1 aliphatic heterocycles. The molecule has 0 unspecified atom stereocenters. The third kappa shape index (κ3) is 1.14. The Morgan fingerprint density at radius 1 is 1.25 bits per heavy atom. The molecule has 1 aromatic carbocycles. The summed E-state index contributed by atoms with van der Waals surface area (Å²) >= 11 is 0. The monoisotopic (exact) mass is 161 g/mol. The molecule has 0 atom stereocenters. The highest BCUT2D eigenvalue weighted by molar-refractivity contribution is 5.40. The van der Waals surface area contributed by atoms with Gasteiger partial charge in [-0.25, -0.2) is 0 Å². The van der Waals surface area contributed by atoms with Gasteiger partial charge in [0.25, 0.3) is 0 Å². The Morgan fingerprint density at radius 3 is 2.92 bits per heavy atom. The lowest BCUT2D eigenvalue weighted by atomic mass is 9.93. The first kappa shape index (κ1) is 7.81. The molecule has 1 heteroatoms. The average molecular weight is 161 g/mol. The van der Waals surface area contributed by atoms with Gasteiger partial charge in [0.15, 0.2) is 0 Å². The van der Waals surface area contributed by atoms with E-state index >= 15 is 0 Å². The Kier molecular flexibility index (Phi) is 1.89. The fraction of sp³-hybridized carbons (Fsp3) is 0.455. The van der Waals surface area contributed by atoms with Crippen molar-refractivity contribution in [2.24, 2.45) is 0 Å². The fourth-order valence-corrected chi connectivity index (χ4v) is 1.88. The van der Waals surface area contributed by atoms with Crippen molar-refractivity contribution in [3.8, 4) is 0 Å². The summed E-state index contributed by atoms with van der Waals surface area (Å²) in [5.41, 5.74) is 5.99. The standard InChI is InChI=1S/C11H15N/c1-8-3-4-10-7-12-6-5-11(10)9(8)2/h3-4,12H,5-7H2,1-2H3. The number of hydrogen-bond acceptors (Lipinski definition) is 1. The number of rotatable bonds is 0. The molecule has 2 rings (SSSR count). The second-order valence-electron chi connectivity index (χ2n) is 3.57. The second-order valence-corrected chi connectivity index (χ2v) is 3.57. The Bertz CT molecular complexity index is 302. The molecular formula is C11H15N. The second kappa shape index (κ2) is 2.91. The van der Waals surface area contributed by atoms with E-state index in [9.17, 15) is 0 Å². The van der Waals surface area contributed by atoms with Gasteiger partial charge in [-0.05, 0) is 49.1 Å². The minimum Gasteiger partial charge on any atom is -0.312 e. The van der Waals surface area contributed by atoms with E-state index in [1.54, 1.807) is 5.56 Å². The first-order valence-corrected chi connectivity index (χ1v) is 4.57. The van der Waals surface area contributed by atoms with Crippen molar-refractivity contribution < 1.29 is 0 Å². The predicted octanol–water partition coefficient (Wildman–Crippen LogP) is 1.95. The molecule has 1 aromatic rings. The lowest BCUT2D eigenvalue weighted by Crippen LogP contribution is -2.24. The van der Waals surface area contributed by atoms with E-state index in [2.05, 4.69) is 31.3 Å². The van der Waals surface area contributed by atoms with Crippen LogP contribution in [-0.2, 0) is 13.0 Å². The van der Waals surface area contributed by atoms with Crippen LogP contribution < -0.4 is 5.32 Å². The van der Waals surface area contributed by atoms with Crippen molar-refractivity contribution in [3.05, 3.63) is 34.4 Å². The van der Waals surface area contributed by atoms with Crippen LogP contribution in [-0.4, -0.2) is 6.54 Å². The van der Waals surface area contributed by atoms with Crippen molar-refractivity contribution in [2.75, 3.05) is 6.54 Å². The Labute approximate surface area is 73.8 Å². The van der Waals surface area contributed by atoms with Crippen LogP contribution in [0.1, 0.15) is 22.3 Å². The summed E-state index contributed by atoms with van der Waals surface area (Å²) in [4.78, 5) is 0. The molecule has 1 nitrogen and oxygen atoms in total. The van der Waals surface area contributed by atoms with Crippen LogP contribution in [0.5, 0.6) is 0 Å². The molecule has 0 saturated carbocycles. The van der Waals surface area contributed by atoms with Gasteiger partial charge in [0, 0.05) is 6.54 Å². The summed E-state index contributed by atoms with van der Waals surface area (Å²) in [7, 11) is 0. The molecule has 64 valence electrons. The predicted molar refractivity (Wildman–Crippen MR) is 51.3 cm³/mol. The molecule has 0 radical (unpaired) electrons. The van der Waals surface area contributed by atoms with Gasteiger partial charge in [0.2, 0.25) is 0 Å². The summed E-state index contributed by atoms with van der Waals surface area (Å²) < 4.78 is 0. The molecule has 0 fully saturated rings. The maximum absolute atomic E-state index is 3.39. The molecule has 0 aromatic heterocycles. The van der Waals surface area contributed by atoms with E-state index in [-0.39, 0.29) is 0 Å². The largest absolute Gasteiger partial charge is 0.312 e. The Balaban J connectivity index is 2.54. The van der Waals surface area contributed by atoms with Crippen LogP contribution in [0.15, 0.2) is 12.1 Å². The SMILES string of the molecule is Cc1ccc2c(c1C)CCNC2. The molecule has 1 heterocycles. The normalized spacial score (nSPS) is 15.8. The van der Waals surface area contributed by atoms with E-state index in [0.29, 0.717) is 0 Å². The molecule has 12 heavy (non-hydrogen) atoms. The van der Waals surface area contributed by atoms with Gasteiger partial charge in [-0.3, -0.25) is 0 Å². The third-order valence-electron chi connectivity index (χ3n) is 2.83. The number of nitrogens with one attached hydrogen (secondary N) is 1. The minimum atomic E-state index is 1.05. The molecule has 0 saturated heterocycles. The van der Waals surface area contributed by atoms with Crippen LogP contribution in [0.3, 0.4) is 0 Å². The van der Waals surface area contributed by atoms with Crippen molar-refractivity contribution >= 4 is 0 Å². The number of aryl methyl sites for hydroxylation is 1. The van der Waals surface area contributed by atoms with Gasteiger partial charge in [-0.15, -0.1) is 0 Å². The van der Waals surface area contributed by atoms with E-state index in [4.69, 9.17) is 0 Å². The third-order valence-corrected chi connectivity index (χ3v) is 2.83. The van der Waals surface area contributed by atoms with Crippen LogP contribution in [0.4, 0.5) is 0 Å². The average Bonchev–Trinajstić information content (AvgIpc) is 2.12. The van der Waals surface area contributed by atoms with Gasteiger partial charge < -0.3 is 5.32 Å². The van der Waals surface area contributed by atoms with Crippen LogP contribution >= 0.6 is 0 Å². The molecule has 0 aliphatic carbocycles.